The van der Waals surface area contributed by atoms with Crippen molar-refractivity contribution in [2.45, 2.75) is 46.0 Å². The third kappa shape index (κ3) is 3.68. The average molecular weight is 184 g/mol. The maximum absolute atomic E-state index is 5.12. The first-order valence-electron chi connectivity index (χ1n) is 5.73. The SMILES string of the molecule is COCCC1CCC(C(C)C)CC1. The van der Waals surface area contributed by atoms with E-state index in [0.717, 1.165) is 24.4 Å². The van der Waals surface area contributed by atoms with E-state index in [0.29, 0.717) is 0 Å². The minimum atomic E-state index is 0.892. The van der Waals surface area contributed by atoms with Crippen LogP contribution >= 0.6 is 0 Å². The Morgan fingerprint density at radius 1 is 1.15 bits per heavy atom. The van der Waals surface area contributed by atoms with E-state index in [-0.39, 0.29) is 0 Å². The first kappa shape index (κ1) is 11.0. The molecule has 0 amide bonds. The monoisotopic (exact) mass is 184 g/mol. The van der Waals surface area contributed by atoms with E-state index in [1.807, 2.05) is 0 Å². The lowest BCUT2D eigenvalue weighted by atomic mass is 9.76. The van der Waals surface area contributed by atoms with E-state index in [1.165, 1.54) is 32.1 Å². The molecule has 1 aliphatic carbocycles. The third-order valence-corrected chi connectivity index (χ3v) is 3.56. The molecular weight excluding hydrogens is 160 g/mol. The molecule has 1 heteroatoms. The van der Waals surface area contributed by atoms with Crippen LogP contribution in [0.4, 0.5) is 0 Å². The molecule has 0 aromatic rings. The second-order valence-corrected chi connectivity index (χ2v) is 4.81. The van der Waals surface area contributed by atoms with Crippen molar-refractivity contribution in [2.75, 3.05) is 13.7 Å². The Labute approximate surface area is 82.9 Å². The predicted octanol–water partition coefficient (Wildman–Crippen LogP) is 3.49. The van der Waals surface area contributed by atoms with Gasteiger partial charge in [0, 0.05) is 13.7 Å². The molecule has 0 atom stereocenters. The van der Waals surface area contributed by atoms with Crippen LogP contribution in [0.1, 0.15) is 46.0 Å². The fraction of sp³-hybridized carbons (Fsp3) is 1.00. The highest BCUT2D eigenvalue weighted by Crippen LogP contribution is 2.34. The number of hydrogen-bond donors (Lipinski definition) is 0. The molecule has 1 nitrogen and oxygen atoms in total. The van der Waals surface area contributed by atoms with Gasteiger partial charge in [0.15, 0.2) is 0 Å². The molecule has 0 heterocycles. The Kier molecular flexibility index (Phi) is 4.79. The highest BCUT2D eigenvalue weighted by atomic mass is 16.5. The van der Waals surface area contributed by atoms with Gasteiger partial charge >= 0.3 is 0 Å². The summed E-state index contributed by atoms with van der Waals surface area (Å²) in [6.45, 7) is 5.68. The van der Waals surface area contributed by atoms with Crippen molar-refractivity contribution in [3.63, 3.8) is 0 Å². The Morgan fingerprint density at radius 3 is 2.23 bits per heavy atom. The lowest BCUT2D eigenvalue weighted by Crippen LogP contribution is -2.19. The highest BCUT2D eigenvalue weighted by Gasteiger charge is 2.22. The van der Waals surface area contributed by atoms with E-state index in [9.17, 15) is 0 Å². The molecule has 0 saturated heterocycles. The van der Waals surface area contributed by atoms with Crippen LogP contribution in [0.25, 0.3) is 0 Å². The van der Waals surface area contributed by atoms with Gasteiger partial charge in [-0.2, -0.15) is 0 Å². The van der Waals surface area contributed by atoms with Gasteiger partial charge in [-0.1, -0.05) is 26.7 Å². The van der Waals surface area contributed by atoms with Crippen LogP contribution in [0.5, 0.6) is 0 Å². The Bertz CT molecular complexity index is 123. The fourth-order valence-electron chi connectivity index (χ4n) is 2.43. The molecule has 0 bridgehead atoms. The second-order valence-electron chi connectivity index (χ2n) is 4.81. The molecule has 0 aromatic carbocycles. The van der Waals surface area contributed by atoms with Crippen molar-refractivity contribution in [2.24, 2.45) is 17.8 Å². The van der Waals surface area contributed by atoms with Gasteiger partial charge in [0.2, 0.25) is 0 Å². The molecule has 1 aliphatic rings. The summed E-state index contributed by atoms with van der Waals surface area (Å²) in [6, 6.07) is 0. The van der Waals surface area contributed by atoms with Crippen molar-refractivity contribution in [3.8, 4) is 0 Å². The Morgan fingerprint density at radius 2 is 1.77 bits per heavy atom. The van der Waals surface area contributed by atoms with Gasteiger partial charge in [-0.05, 0) is 37.0 Å². The number of ether oxygens (including phenoxy) is 1. The topological polar surface area (TPSA) is 9.23 Å². The summed E-state index contributed by atoms with van der Waals surface area (Å²) in [4.78, 5) is 0. The van der Waals surface area contributed by atoms with E-state index in [2.05, 4.69) is 13.8 Å². The van der Waals surface area contributed by atoms with Gasteiger partial charge < -0.3 is 4.74 Å². The van der Waals surface area contributed by atoms with E-state index < -0.39 is 0 Å². The maximum Gasteiger partial charge on any atom is 0.0464 e. The zero-order valence-corrected chi connectivity index (χ0v) is 9.38. The van der Waals surface area contributed by atoms with Gasteiger partial charge in [0.05, 0.1) is 0 Å². The van der Waals surface area contributed by atoms with Crippen LogP contribution in [-0.4, -0.2) is 13.7 Å². The molecular formula is C12H24O. The van der Waals surface area contributed by atoms with Crippen molar-refractivity contribution in [1.29, 1.82) is 0 Å². The molecule has 0 spiro atoms. The molecule has 0 aromatic heterocycles. The highest BCUT2D eigenvalue weighted by molar-refractivity contribution is 4.74. The van der Waals surface area contributed by atoms with Crippen molar-refractivity contribution < 1.29 is 4.74 Å². The van der Waals surface area contributed by atoms with E-state index in [1.54, 1.807) is 7.11 Å². The lowest BCUT2D eigenvalue weighted by Gasteiger charge is -2.30. The fourth-order valence-corrected chi connectivity index (χ4v) is 2.43. The van der Waals surface area contributed by atoms with E-state index >= 15 is 0 Å². The quantitative estimate of drug-likeness (QED) is 0.650. The predicted molar refractivity (Wildman–Crippen MR) is 56.8 cm³/mol. The summed E-state index contributed by atoms with van der Waals surface area (Å²) < 4.78 is 5.12. The summed E-state index contributed by atoms with van der Waals surface area (Å²) in [7, 11) is 1.81. The minimum Gasteiger partial charge on any atom is -0.385 e. The molecule has 1 fully saturated rings. The number of rotatable bonds is 4. The number of hydrogen-bond acceptors (Lipinski definition) is 1. The summed E-state index contributed by atoms with van der Waals surface area (Å²) in [5, 5.41) is 0. The van der Waals surface area contributed by atoms with Gasteiger partial charge in [0.1, 0.15) is 0 Å². The number of methoxy groups -OCH3 is 1. The average Bonchev–Trinajstić information content (AvgIpc) is 2.15. The van der Waals surface area contributed by atoms with Gasteiger partial charge in [0.25, 0.3) is 0 Å². The van der Waals surface area contributed by atoms with E-state index in [4.69, 9.17) is 4.74 Å². The second kappa shape index (κ2) is 5.64. The molecule has 78 valence electrons. The maximum atomic E-state index is 5.12. The smallest absolute Gasteiger partial charge is 0.0464 e. The molecule has 0 unspecified atom stereocenters. The van der Waals surface area contributed by atoms with Crippen molar-refractivity contribution in [1.82, 2.24) is 0 Å². The zero-order valence-electron chi connectivity index (χ0n) is 9.38. The summed E-state index contributed by atoms with van der Waals surface area (Å²) in [5.74, 6) is 2.84. The normalized spacial score (nSPS) is 29.5. The lowest BCUT2D eigenvalue weighted by molar-refractivity contribution is 0.148. The first-order valence-corrected chi connectivity index (χ1v) is 5.73. The Hall–Kier alpha value is -0.0400. The molecule has 0 aliphatic heterocycles. The summed E-state index contributed by atoms with van der Waals surface area (Å²) in [5.41, 5.74) is 0. The van der Waals surface area contributed by atoms with Crippen LogP contribution in [0.2, 0.25) is 0 Å². The van der Waals surface area contributed by atoms with Crippen molar-refractivity contribution in [3.05, 3.63) is 0 Å². The molecule has 13 heavy (non-hydrogen) atoms. The van der Waals surface area contributed by atoms with Gasteiger partial charge in [-0.3, -0.25) is 0 Å². The molecule has 1 saturated carbocycles. The van der Waals surface area contributed by atoms with Crippen LogP contribution in [-0.2, 0) is 4.74 Å². The summed E-state index contributed by atoms with van der Waals surface area (Å²) >= 11 is 0. The van der Waals surface area contributed by atoms with Gasteiger partial charge in [-0.25, -0.2) is 0 Å². The van der Waals surface area contributed by atoms with Crippen LogP contribution < -0.4 is 0 Å². The van der Waals surface area contributed by atoms with Crippen LogP contribution in [0.15, 0.2) is 0 Å². The first-order chi connectivity index (χ1) is 6.24. The Balaban J connectivity index is 2.15. The molecule has 0 N–H and O–H groups in total. The largest absolute Gasteiger partial charge is 0.385 e. The molecule has 0 radical (unpaired) electrons. The van der Waals surface area contributed by atoms with Crippen LogP contribution in [0.3, 0.4) is 0 Å². The standard InChI is InChI=1S/C12H24O/c1-10(2)12-6-4-11(5-7-12)8-9-13-3/h10-12H,4-9H2,1-3H3. The van der Waals surface area contributed by atoms with Crippen LogP contribution in [0, 0.1) is 17.8 Å². The summed E-state index contributed by atoms with van der Waals surface area (Å²) in [6.07, 6.45) is 7.05. The van der Waals surface area contributed by atoms with Crippen molar-refractivity contribution >= 4 is 0 Å². The van der Waals surface area contributed by atoms with Gasteiger partial charge in [-0.15, -0.1) is 0 Å². The minimum absolute atomic E-state index is 0.892. The zero-order chi connectivity index (χ0) is 9.68. The third-order valence-electron chi connectivity index (χ3n) is 3.56. The molecule has 1 rings (SSSR count).